The average molecular weight is 338 g/mol. The van der Waals surface area contributed by atoms with E-state index >= 15 is 0 Å². The predicted molar refractivity (Wildman–Crippen MR) is 87.1 cm³/mol. The number of rotatable bonds is 4. The van der Waals surface area contributed by atoms with Gasteiger partial charge in [0.05, 0.1) is 6.54 Å². The van der Waals surface area contributed by atoms with Crippen LogP contribution in [-0.4, -0.2) is 30.3 Å². The van der Waals surface area contributed by atoms with E-state index in [2.05, 4.69) is 41.7 Å². The molecule has 0 bridgehead atoms. The van der Waals surface area contributed by atoms with Crippen molar-refractivity contribution in [3.05, 3.63) is 34.3 Å². The van der Waals surface area contributed by atoms with Gasteiger partial charge in [0.15, 0.2) is 5.78 Å². The molecule has 1 aliphatic carbocycles. The van der Waals surface area contributed by atoms with Crippen LogP contribution in [0.3, 0.4) is 0 Å². The van der Waals surface area contributed by atoms with Gasteiger partial charge in [-0.05, 0) is 50.3 Å². The number of benzene rings is 1. The number of carbonyl (C=O) groups excluding carboxylic acids is 1. The lowest BCUT2D eigenvalue weighted by atomic mass is 9.75. The highest BCUT2D eigenvalue weighted by Gasteiger charge is 2.29. The highest BCUT2D eigenvalue weighted by Crippen LogP contribution is 2.36. The van der Waals surface area contributed by atoms with Crippen molar-refractivity contribution in [1.29, 1.82) is 0 Å². The van der Waals surface area contributed by atoms with Crippen LogP contribution in [-0.2, 0) is 0 Å². The Bertz CT molecular complexity index is 474. The Morgan fingerprint density at radius 1 is 1.35 bits per heavy atom. The van der Waals surface area contributed by atoms with Crippen LogP contribution in [0.4, 0.5) is 0 Å². The molecule has 1 saturated carbocycles. The minimum atomic E-state index is 0.207. The normalized spacial score (nSPS) is 19.2. The van der Waals surface area contributed by atoms with Crippen LogP contribution in [0.5, 0.6) is 0 Å². The molecule has 1 aliphatic rings. The largest absolute Gasteiger partial charge is 0.296 e. The third kappa shape index (κ3) is 4.16. The first kappa shape index (κ1) is 15.7. The Balaban J connectivity index is 1.91. The Kier molecular flexibility index (Phi) is 5.03. The molecule has 0 aromatic heterocycles. The van der Waals surface area contributed by atoms with Gasteiger partial charge < -0.3 is 0 Å². The van der Waals surface area contributed by atoms with Crippen molar-refractivity contribution >= 4 is 21.7 Å². The third-order valence-electron chi connectivity index (χ3n) is 4.47. The molecule has 0 N–H and O–H groups in total. The summed E-state index contributed by atoms with van der Waals surface area (Å²) >= 11 is 3.42. The maximum atomic E-state index is 12.3. The zero-order valence-electron chi connectivity index (χ0n) is 12.7. The number of carbonyl (C=O) groups is 1. The number of ketones is 1. The second-order valence-corrected chi connectivity index (χ2v) is 7.66. The summed E-state index contributed by atoms with van der Waals surface area (Å²) < 4.78 is 0.963. The number of Topliss-reactive ketones (excluding diaryl/α,β-unsaturated/α-hetero) is 1. The summed E-state index contributed by atoms with van der Waals surface area (Å²) in [5.41, 5.74) is 1.27. The topological polar surface area (TPSA) is 20.3 Å². The quantitative estimate of drug-likeness (QED) is 0.752. The molecule has 1 aromatic carbocycles. The van der Waals surface area contributed by atoms with Crippen LogP contribution < -0.4 is 0 Å². The SMILES string of the molecule is CN(CC(=O)c1cccc(Br)c1)C1CCC(C)(C)CC1. The van der Waals surface area contributed by atoms with Crippen molar-refractivity contribution < 1.29 is 4.79 Å². The van der Waals surface area contributed by atoms with Gasteiger partial charge in [0.2, 0.25) is 0 Å². The molecular weight excluding hydrogens is 314 g/mol. The predicted octanol–water partition coefficient (Wildman–Crippen LogP) is 4.53. The number of hydrogen-bond acceptors (Lipinski definition) is 2. The molecule has 3 heteroatoms. The highest BCUT2D eigenvalue weighted by molar-refractivity contribution is 9.10. The zero-order chi connectivity index (χ0) is 14.8. The molecule has 0 aliphatic heterocycles. The van der Waals surface area contributed by atoms with Gasteiger partial charge >= 0.3 is 0 Å². The molecule has 0 unspecified atom stereocenters. The monoisotopic (exact) mass is 337 g/mol. The molecule has 0 heterocycles. The van der Waals surface area contributed by atoms with Crippen LogP contribution in [0, 0.1) is 5.41 Å². The fourth-order valence-corrected chi connectivity index (χ4v) is 3.33. The molecule has 20 heavy (non-hydrogen) atoms. The van der Waals surface area contributed by atoms with Crippen molar-refractivity contribution in [3.8, 4) is 0 Å². The lowest BCUT2D eigenvalue weighted by Crippen LogP contribution is -2.39. The van der Waals surface area contributed by atoms with E-state index in [1.807, 2.05) is 24.3 Å². The van der Waals surface area contributed by atoms with Crippen molar-refractivity contribution in [3.63, 3.8) is 0 Å². The Morgan fingerprint density at radius 2 is 2.00 bits per heavy atom. The van der Waals surface area contributed by atoms with Crippen LogP contribution in [0.25, 0.3) is 0 Å². The van der Waals surface area contributed by atoms with Crippen LogP contribution in [0.2, 0.25) is 0 Å². The van der Waals surface area contributed by atoms with Gasteiger partial charge in [-0.25, -0.2) is 0 Å². The second-order valence-electron chi connectivity index (χ2n) is 6.74. The molecule has 0 amide bonds. The summed E-state index contributed by atoms with van der Waals surface area (Å²) in [6.45, 7) is 5.20. The molecular formula is C17H24BrNO. The molecule has 2 rings (SSSR count). The molecule has 1 fully saturated rings. The fourth-order valence-electron chi connectivity index (χ4n) is 2.93. The summed E-state index contributed by atoms with van der Waals surface area (Å²) in [4.78, 5) is 14.5. The van der Waals surface area contributed by atoms with Crippen molar-refractivity contribution in [2.45, 2.75) is 45.6 Å². The minimum Gasteiger partial charge on any atom is -0.296 e. The van der Waals surface area contributed by atoms with E-state index < -0.39 is 0 Å². The van der Waals surface area contributed by atoms with E-state index in [0.717, 1.165) is 10.0 Å². The van der Waals surface area contributed by atoms with E-state index in [0.29, 0.717) is 18.0 Å². The average Bonchev–Trinajstić information content (AvgIpc) is 2.38. The Morgan fingerprint density at radius 3 is 2.60 bits per heavy atom. The highest BCUT2D eigenvalue weighted by atomic mass is 79.9. The maximum Gasteiger partial charge on any atom is 0.176 e. The maximum absolute atomic E-state index is 12.3. The number of halogens is 1. The lowest BCUT2D eigenvalue weighted by molar-refractivity contribution is 0.0851. The summed E-state index contributed by atoms with van der Waals surface area (Å²) in [5, 5.41) is 0. The number of hydrogen-bond donors (Lipinski definition) is 0. The van der Waals surface area contributed by atoms with Gasteiger partial charge in [-0.2, -0.15) is 0 Å². The Labute approximate surface area is 130 Å². The van der Waals surface area contributed by atoms with E-state index in [9.17, 15) is 4.79 Å². The first-order valence-electron chi connectivity index (χ1n) is 7.36. The first-order valence-corrected chi connectivity index (χ1v) is 8.16. The molecule has 1 aromatic rings. The number of nitrogens with zero attached hydrogens (tertiary/aromatic N) is 1. The van der Waals surface area contributed by atoms with Gasteiger partial charge in [-0.3, -0.25) is 9.69 Å². The van der Waals surface area contributed by atoms with E-state index in [4.69, 9.17) is 0 Å². The van der Waals surface area contributed by atoms with Crippen molar-refractivity contribution in [1.82, 2.24) is 4.90 Å². The molecule has 110 valence electrons. The standard InChI is InChI=1S/C17H24BrNO/c1-17(2)9-7-15(8-10-17)19(3)12-16(20)13-5-4-6-14(18)11-13/h4-6,11,15H,7-10,12H2,1-3H3. The molecule has 0 saturated heterocycles. The second kappa shape index (κ2) is 6.40. The van der Waals surface area contributed by atoms with Gasteiger partial charge in [-0.15, -0.1) is 0 Å². The van der Waals surface area contributed by atoms with E-state index in [1.165, 1.54) is 25.7 Å². The summed E-state index contributed by atoms with van der Waals surface area (Å²) in [5.74, 6) is 0.207. The fraction of sp³-hybridized carbons (Fsp3) is 0.588. The van der Waals surface area contributed by atoms with E-state index in [1.54, 1.807) is 0 Å². The molecule has 2 nitrogen and oxygen atoms in total. The smallest absolute Gasteiger partial charge is 0.176 e. The van der Waals surface area contributed by atoms with Gasteiger partial charge in [0, 0.05) is 16.1 Å². The van der Waals surface area contributed by atoms with E-state index in [-0.39, 0.29) is 5.78 Å². The summed E-state index contributed by atoms with van der Waals surface area (Å²) in [7, 11) is 2.08. The summed E-state index contributed by atoms with van der Waals surface area (Å²) in [6, 6.07) is 8.22. The van der Waals surface area contributed by atoms with Crippen LogP contribution in [0.1, 0.15) is 49.9 Å². The molecule has 0 atom stereocenters. The summed E-state index contributed by atoms with van der Waals surface area (Å²) in [6.07, 6.45) is 4.92. The van der Waals surface area contributed by atoms with Crippen LogP contribution >= 0.6 is 15.9 Å². The third-order valence-corrected chi connectivity index (χ3v) is 4.96. The number of likely N-dealkylation sites (N-methyl/N-ethyl adjacent to an activating group) is 1. The van der Waals surface area contributed by atoms with Gasteiger partial charge in [0.25, 0.3) is 0 Å². The van der Waals surface area contributed by atoms with Crippen LogP contribution in [0.15, 0.2) is 28.7 Å². The lowest BCUT2D eigenvalue weighted by Gasteiger charge is -2.38. The van der Waals surface area contributed by atoms with Crippen molar-refractivity contribution in [2.75, 3.05) is 13.6 Å². The first-order chi connectivity index (χ1) is 9.37. The Hall–Kier alpha value is -0.670. The van der Waals surface area contributed by atoms with Crippen molar-refractivity contribution in [2.24, 2.45) is 5.41 Å². The van der Waals surface area contributed by atoms with Gasteiger partial charge in [0.1, 0.15) is 0 Å². The zero-order valence-corrected chi connectivity index (χ0v) is 14.2. The van der Waals surface area contributed by atoms with Gasteiger partial charge in [-0.1, -0.05) is 41.9 Å². The molecule has 0 spiro atoms. The molecule has 0 radical (unpaired) electrons. The minimum absolute atomic E-state index is 0.207.